The van der Waals surface area contributed by atoms with Gasteiger partial charge in [0.1, 0.15) is 0 Å². The molecule has 0 aliphatic carbocycles. The van der Waals surface area contributed by atoms with Gasteiger partial charge in [-0.25, -0.2) is 0 Å². The molecule has 1 aromatic carbocycles. The average molecular weight is 349 g/mol. The van der Waals surface area contributed by atoms with E-state index < -0.39 is 0 Å². The van der Waals surface area contributed by atoms with E-state index >= 15 is 0 Å². The van der Waals surface area contributed by atoms with E-state index in [-0.39, 0.29) is 6.61 Å². The molecular formula is C22H27N3O. The zero-order valence-corrected chi connectivity index (χ0v) is 15.6. The predicted molar refractivity (Wildman–Crippen MR) is 107 cm³/mol. The Bertz CT molecular complexity index is 902. The molecule has 3 aromatic rings. The Labute approximate surface area is 154 Å². The van der Waals surface area contributed by atoms with Gasteiger partial charge < -0.3 is 15.4 Å². The van der Waals surface area contributed by atoms with Gasteiger partial charge in [-0.05, 0) is 87.5 Å². The van der Waals surface area contributed by atoms with Crippen LogP contribution >= 0.6 is 0 Å². The van der Waals surface area contributed by atoms with Crippen LogP contribution < -0.4 is 5.32 Å². The molecule has 1 fully saturated rings. The highest BCUT2D eigenvalue weighted by Gasteiger charge is 2.18. The first-order valence-electron chi connectivity index (χ1n) is 9.57. The van der Waals surface area contributed by atoms with Crippen molar-refractivity contribution < 1.29 is 5.11 Å². The summed E-state index contributed by atoms with van der Waals surface area (Å²) in [6.07, 6.45) is 3.05. The number of rotatable bonds is 4. The molecule has 136 valence electrons. The molecule has 1 aliphatic heterocycles. The van der Waals surface area contributed by atoms with Crippen molar-refractivity contribution in [1.82, 2.24) is 15.3 Å². The SMILES string of the molecule is Cc1cc(-c2[nH]c3ccc(C4CCNCC4)cc3c2CCO)cc(C)n1. The molecule has 3 N–H and O–H groups in total. The lowest BCUT2D eigenvalue weighted by Gasteiger charge is -2.23. The number of nitrogens with one attached hydrogen (secondary N) is 2. The van der Waals surface area contributed by atoms with Crippen LogP contribution in [0.25, 0.3) is 22.2 Å². The number of fused-ring (bicyclic) bond motifs is 1. The van der Waals surface area contributed by atoms with Gasteiger partial charge in [0.15, 0.2) is 0 Å². The van der Waals surface area contributed by atoms with Crippen molar-refractivity contribution in [2.45, 2.75) is 39.0 Å². The number of piperidine rings is 1. The molecule has 0 saturated carbocycles. The van der Waals surface area contributed by atoms with Gasteiger partial charge >= 0.3 is 0 Å². The molecule has 1 aliphatic rings. The Kier molecular flexibility index (Phi) is 4.79. The molecule has 0 radical (unpaired) electrons. The van der Waals surface area contributed by atoms with Crippen molar-refractivity contribution in [2.24, 2.45) is 0 Å². The maximum Gasteiger partial charge on any atom is 0.0499 e. The molecule has 0 unspecified atom stereocenters. The first-order valence-corrected chi connectivity index (χ1v) is 9.57. The van der Waals surface area contributed by atoms with E-state index in [4.69, 9.17) is 0 Å². The molecule has 3 heterocycles. The number of aromatic amines is 1. The summed E-state index contributed by atoms with van der Waals surface area (Å²) >= 11 is 0. The van der Waals surface area contributed by atoms with Gasteiger partial charge in [0.2, 0.25) is 0 Å². The minimum absolute atomic E-state index is 0.153. The van der Waals surface area contributed by atoms with Gasteiger partial charge in [0, 0.05) is 40.2 Å². The van der Waals surface area contributed by atoms with Crippen LogP contribution in [0, 0.1) is 13.8 Å². The minimum Gasteiger partial charge on any atom is -0.396 e. The van der Waals surface area contributed by atoms with Crippen molar-refractivity contribution in [2.75, 3.05) is 19.7 Å². The number of aliphatic hydroxyl groups excluding tert-OH is 1. The number of aryl methyl sites for hydroxylation is 2. The molecule has 1 saturated heterocycles. The van der Waals surface area contributed by atoms with E-state index in [2.05, 4.69) is 45.6 Å². The highest BCUT2D eigenvalue weighted by Crippen LogP contribution is 2.34. The monoisotopic (exact) mass is 349 g/mol. The highest BCUT2D eigenvalue weighted by atomic mass is 16.2. The van der Waals surface area contributed by atoms with E-state index in [0.29, 0.717) is 12.3 Å². The normalized spacial score (nSPS) is 15.7. The topological polar surface area (TPSA) is 60.9 Å². The summed E-state index contributed by atoms with van der Waals surface area (Å²) in [4.78, 5) is 8.09. The number of aromatic nitrogens is 2. The lowest BCUT2D eigenvalue weighted by atomic mass is 9.89. The quantitative estimate of drug-likeness (QED) is 0.670. The second kappa shape index (κ2) is 7.22. The number of hydrogen-bond acceptors (Lipinski definition) is 3. The molecule has 26 heavy (non-hydrogen) atoms. The molecule has 4 rings (SSSR count). The van der Waals surface area contributed by atoms with Crippen molar-refractivity contribution in [3.05, 3.63) is 52.8 Å². The molecule has 2 aromatic heterocycles. The van der Waals surface area contributed by atoms with Crippen LogP contribution in [-0.4, -0.2) is 34.8 Å². The first-order chi connectivity index (χ1) is 12.7. The smallest absolute Gasteiger partial charge is 0.0499 e. The fourth-order valence-electron chi connectivity index (χ4n) is 4.27. The van der Waals surface area contributed by atoms with E-state index in [0.717, 1.165) is 41.3 Å². The molecule has 4 heteroatoms. The number of aliphatic hydroxyl groups is 1. The van der Waals surface area contributed by atoms with Crippen LogP contribution in [0.1, 0.15) is 41.3 Å². The summed E-state index contributed by atoms with van der Waals surface area (Å²) in [5, 5.41) is 14.4. The summed E-state index contributed by atoms with van der Waals surface area (Å²) in [6.45, 7) is 6.40. The third kappa shape index (κ3) is 3.27. The fraction of sp³-hybridized carbons (Fsp3) is 0.409. The molecule has 4 nitrogen and oxygen atoms in total. The van der Waals surface area contributed by atoms with Gasteiger partial charge in [-0.15, -0.1) is 0 Å². The van der Waals surface area contributed by atoms with Crippen molar-refractivity contribution >= 4 is 10.9 Å². The number of hydrogen-bond donors (Lipinski definition) is 3. The summed E-state index contributed by atoms with van der Waals surface area (Å²) in [5.74, 6) is 0.631. The second-order valence-corrected chi connectivity index (χ2v) is 7.42. The third-order valence-corrected chi connectivity index (χ3v) is 5.47. The van der Waals surface area contributed by atoms with Crippen LogP contribution in [0.2, 0.25) is 0 Å². The van der Waals surface area contributed by atoms with Crippen molar-refractivity contribution in [3.8, 4) is 11.3 Å². The molecular weight excluding hydrogens is 322 g/mol. The fourth-order valence-corrected chi connectivity index (χ4v) is 4.27. The zero-order chi connectivity index (χ0) is 18.1. The second-order valence-electron chi connectivity index (χ2n) is 7.42. The molecule has 0 atom stereocenters. The number of H-pyrrole nitrogens is 1. The van der Waals surface area contributed by atoms with E-state index in [1.54, 1.807) is 0 Å². The third-order valence-electron chi connectivity index (χ3n) is 5.47. The van der Waals surface area contributed by atoms with Gasteiger partial charge in [-0.3, -0.25) is 4.98 Å². The van der Waals surface area contributed by atoms with Gasteiger partial charge in [-0.2, -0.15) is 0 Å². The predicted octanol–water partition coefficient (Wildman–Crippen LogP) is 3.85. The van der Waals surface area contributed by atoms with Crippen molar-refractivity contribution in [3.63, 3.8) is 0 Å². The van der Waals surface area contributed by atoms with Gasteiger partial charge in [-0.1, -0.05) is 6.07 Å². The lowest BCUT2D eigenvalue weighted by molar-refractivity contribution is 0.300. The van der Waals surface area contributed by atoms with Crippen LogP contribution in [0.4, 0.5) is 0 Å². The maximum atomic E-state index is 9.66. The van der Waals surface area contributed by atoms with Crippen LogP contribution in [-0.2, 0) is 6.42 Å². The largest absolute Gasteiger partial charge is 0.396 e. The number of pyridine rings is 1. The summed E-state index contributed by atoms with van der Waals surface area (Å²) < 4.78 is 0. The van der Waals surface area contributed by atoms with Crippen LogP contribution in [0.5, 0.6) is 0 Å². The molecule has 0 amide bonds. The Morgan fingerprint density at radius 2 is 1.81 bits per heavy atom. The van der Waals surface area contributed by atoms with Gasteiger partial charge in [0.25, 0.3) is 0 Å². The highest BCUT2D eigenvalue weighted by molar-refractivity contribution is 5.91. The van der Waals surface area contributed by atoms with Crippen LogP contribution in [0.3, 0.4) is 0 Å². The Morgan fingerprint density at radius 1 is 1.08 bits per heavy atom. The van der Waals surface area contributed by atoms with Gasteiger partial charge in [0.05, 0.1) is 0 Å². The standard InChI is InChI=1S/C22H27N3O/c1-14-11-18(12-15(2)24-14)22-19(7-10-26)20-13-17(3-4-21(20)25-22)16-5-8-23-9-6-16/h3-4,11-13,16,23,25-26H,5-10H2,1-2H3. The Morgan fingerprint density at radius 3 is 2.50 bits per heavy atom. The number of nitrogens with zero attached hydrogens (tertiary/aromatic N) is 1. The van der Waals surface area contributed by atoms with Crippen molar-refractivity contribution in [1.29, 1.82) is 0 Å². The van der Waals surface area contributed by atoms with E-state index in [9.17, 15) is 5.11 Å². The summed E-state index contributed by atoms with van der Waals surface area (Å²) in [6, 6.07) is 11.1. The molecule has 0 spiro atoms. The van der Waals surface area contributed by atoms with Crippen LogP contribution in [0.15, 0.2) is 30.3 Å². The number of benzene rings is 1. The maximum absolute atomic E-state index is 9.66. The van der Waals surface area contributed by atoms with E-state index in [1.807, 2.05) is 13.8 Å². The zero-order valence-electron chi connectivity index (χ0n) is 15.6. The molecule has 0 bridgehead atoms. The first kappa shape index (κ1) is 17.3. The summed E-state index contributed by atoms with van der Waals surface area (Å²) in [5.41, 5.74) is 8.08. The van der Waals surface area contributed by atoms with E-state index in [1.165, 1.54) is 29.4 Å². The Balaban J connectivity index is 1.84. The Hall–Kier alpha value is -2.17. The average Bonchev–Trinajstić information content (AvgIpc) is 3.00. The minimum atomic E-state index is 0.153. The summed E-state index contributed by atoms with van der Waals surface area (Å²) in [7, 11) is 0. The lowest BCUT2D eigenvalue weighted by Crippen LogP contribution is -2.26.